The van der Waals surface area contributed by atoms with Crippen molar-refractivity contribution in [2.24, 2.45) is 0 Å². The summed E-state index contributed by atoms with van der Waals surface area (Å²) in [4.78, 5) is 7.90. The van der Waals surface area contributed by atoms with Crippen molar-refractivity contribution in [1.82, 2.24) is 9.97 Å². The minimum atomic E-state index is -4.88. The molecule has 3 nitrogen and oxygen atoms in total. The molecule has 0 unspecified atom stereocenters. The van der Waals surface area contributed by atoms with Gasteiger partial charge in [-0.1, -0.05) is 19.4 Å². The van der Waals surface area contributed by atoms with Crippen molar-refractivity contribution in [2.45, 2.75) is 25.9 Å². The van der Waals surface area contributed by atoms with Gasteiger partial charge in [0, 0.05) is 12.3 Å². The Morgan fingerprint density at radius 2 is 2.00 bits per heavy atom. The van der Waals surface area contributed by atoms with Crippen LogP contribution in [0.3, 0.4) is 0 Å². The molecular formula is C15H14F4N2O. The monoisotopic (exact) mass is 314 g/mol. The molecule has 22 heavy (non-hydrogen) atoms. The molecule has 0 radical (unpaired) electrons. The van der Waals surface area contributed by atoms with Gasteiger partial charge in [-0.25, -0.2) is 9.37 Å². The molecule has 0 saturated carbocycles. The van der Waals surface area contributed by atoms with Crippen molar-refractivity contribution in [3.8, 4) is 17.3 Å². The first-order valence-electron chi connectivity index (χ1n) is 6.64. The molecule has 0 spiro atoms. The van der Waals surface area contributed by atoms with Crippen LogP contribution < -0.4 is 4.74 Å². The van der Waals surface area contributed by atoms with Gasteiger partial charge in [-0.3, -0.25) is 4.98 Å². The van der Waals surface area contributed by atoms with Crippen LogP contribution in [0, 0.1) is 5.82 Å². The molecule has 0 aromatic carbocycles. The number of ether oxygens (including phenoxy) is 1. The Morgan fingerprint density at radius 1 is 1.27 bits per heavy atom. The van der Waals surface area contributed by atoms with Crippen molar-refractivity contribution in [3.05, 3.63) is 41.3 Å². The van der Waals surface area contributed by atoms with Gasteiger partial charge in [0.2, 0.25) is 5.88 Å². The summed E-state index contributed by atoms with van der Waals surface area (Å²) in [7, 11) is 1.02. The maximum Gasteiger partial charge on any atom is 0.424 e. The number of aryl methyl sites for hydroxylation is 1. The van der Waals surface area contributed by atoms with Crippen LogP contribution in [0.15, 0.2) is 24.4 Å². The van der Waals surface area contributed by atoms with Gasteiger partial charge in [-0.15, -0.1) is 0 Å². The van der Waals surface area contributed by atoms with Crippen molar-refractivity contribution in [2.75, 3.05) is 7.11 Å². The van der Waals surface area contributed by atoms with Gasteiger partial charge >= 0.3 is 6.18 Å². The molecule has 2 rings (SSSR count). The third kappa shape index (κ3) is 3.18. The summed E-state index contributed by atoms with van der Waals surface area (Å²) in [5.41, 5.74) is -0.341. The first kappa shape index (κ1) is 16.2. The average molecular weight is 314 g/mol. The highest BCUT2D eigenvalue weighted by atomic mass is 19.4. The lowest BCUT2D eigenvalue weighted by atomic mass is 10.1. The smallest absolute Gasteiger partial charge is 0.424 e. The summed E-state index contributed by atoms with van der Waals surface area (Å²) < 4.78 is 57.1. The highest BCUT2D eigenvalue weighted by Crippen LogP contribution is 2.38. The van der Waals surface area contributed by atoms with E-state index in [1.54, 1.807) is 12.1 Å². The van der Waals surface area contributed by atoms with Gasteiger partial charge < -0.3 is 4.74 Å². The average Bonchev–Trinajstić information content (AvgIpc) is 2.45. The van der Waals surface area contributed by atoms with E-state index in [2.05, 4.69) is 14.7 Å². The zero-order valence-electron chi connectivity index (χ0n) is 12.0. The topological polar surface area (TPSA) is 35.0 Å². The Labute approximate surface area is 125 Å². The minimum absolute atomic E-state index is 0.0198. The van der Waals surface area contributed by atoms with Crippen molar-refractivity contribution < 1.29 is 22.3 Å². The summed E-state index contributed by atoms with van der Waals surface area (Å²) in [5.74, 6) is -2.22. The second-order valence-electron chi connectivity index (χ2n) is 4.63. The van der Waals surface area contributed by atoms with Gasteiger partial charge in [-0.05, 0) is 18.1 Å². The van der Waals surface area contributed by atoms with Gasteiger partial charge in [0.05, 0.1) is 18.5 Å². The fraction of sp³-hybridized carbons (Fsp3) is 0.333. The number of halogens is 4. The standard InChI is InChI=1S/C15H14F4N2O/c1-3-5-9-6-4-7-20-13(9)11-8-10(16)12(15(17,18)19)14(21-11)22-2/h4,6-8H,3,5H2,1-2H3. The van der Waals surface area contributed by atoms with E-state index in [-0.39, 0.29) is 5.69 Å². The number of alkyl halides is 3. The Bertz CT molecular complexity index is 671. The maximum absolute atomic E-state index is 13.9. The molecule has 0 aliphatic rings. The van der Waals surface area contributed by atoms with E-state index in [0.29, 0.717) is 12.1 Å². The van der Waals surface area contributed by atoms with Crippen LogP contribution in [-0.2, 0) is 12.6 Å². The lowest BCUT2D eigenvalue weighted by molar-refractivity contribution is -0.141. The number of methoxy groups -OCH3 is 1. The summed E-state index contributed by atoms with van der Waals surface area (Å²) in [6.07, 6.45) is -1.91. The molecule has 2 aromatic heterocycles. The van der Waals surface area contributed by atoms with Crippen LogP contribution in [-0.4, -0.2) is 17.1 Å². The van der Waals surface area contributed by atoms with E-state index >= 15 is 0 Å². The molecule has 0 bridgehead atoms. The van der Waals surface area contributed by atoms with Crippen molar-refractivity contribution >= 4 is 0 Å². The molecular weight excluding hydrogens is 300 g/mol. The third-order valence-electron chi connectivity index (χ3n) is 3.07. The van der Waals surface area contributed by atoms with Gasteiger partial charge in [0.1, 0.15) is 5.82 Å². The molecule has 2 aromatic rings. The van der Waals surface area contributed by atoms with Gasteiger partial charge in [0.25, 0.3) is 0 Å². The number of nitrogens with zero attached hydrogens (tertiary/aromatic N) is 2. The molecule has 0 aliphatic heterocycles. The summed E-state index contributed by atoms with van der Waals surface area (Å²) in [6, 6.07) is 4.24. The number of hydrogen-bond acceptors (Lipinski definition) is 3. The quantitative estimate of drug-likeness (QED) is 0.791. The first-order chi connectivity index (χ1) is 10.4. The molecule has 0 amide bonds. The largest absolute Gasteiger partial charge is 0.480 e. The molecule has 0 saturated heterocycles. The molecule has 0 N–H and O–H groups in total. The zero-order chi connectivity index (χ0) is 16.3. The number of pyridine rings is 2. The molecule has 0 aliphatic carbocycles. The predicted molar refractivity (Wildman–Crippen MR) is 73.0 cm³/mol. The first-order valence-corrected chi connectivity index (χ1v) is 6.64. The summed E-state index contributed by atoms with van der Waals surface area (Å²) in [5, 5.41) is 0. The Hall–Kier alpha value is -2.18. The molecule has 0 fully saturated rings. The number of aromatic nitrogens is 2. The Morgan fingerprint density at radius 3 is 2.59 bits per heavy atom. The fourth-order valence-electron chi connectivity index (χ4n) is 2.16. The lowest BCUT2D eigenvalue weighted by Gasteiger charge is -2.14. The minimum Gasteiger partial charge on any atom is -0.480 e. The third-order valence-corrected chi connectivity index (χ3v) is 3.07. The van der Waals surface area contributed by atoms with Crippen molar-refractivity contribution in [3.63, 3.8) is 0 Å². The van der Waals surface area contributed by atoms with Gasteiger partial charge in [-0.2, -0.15) is 13.2 Å². The van der Waals surface area contributed by atoms with E-state index in [1.807, 2.05) is 6.92 Å². The second-order valence-corrected chi connectivity index (χ2v) is 4.63. The van der Waals surface area contributed by atoms with E-state index in [4.69, 9.17) is 0 Å². The van der Waals surface area contributed by atoms with Crippen LogP contribution in [0.2, 0.25) is 0 Å². The number of hydrogen-bond donors (Lipinski definition) is 0. The number of rotatable bonds is 4. The lowest BCUT2D eigenvalue weighted by Crippen LogP contribution is -2.12. The van der Waals surface area contributed by atoms with E-state index in [9.17, 15) is 17.6 Å². The Kier molecular flexibility index (Phi) is 4.63. The van der Waals surface area contributed by atoms with E-state index in [0.717, 1.165) is 25.2 Å². The molecule has 2 heterocycles. The Balaban J connectivity index is 2.62. The molecule has 7 heteroatoms. The SMILES string of the molecule is CCCc1cccnc1-c1cc(F)c(C(F)(F)F)c(OC)n1. The van der Waals surface area contributed by atoms with Crippen LogP contribution >= 0.6 is 0 Å². The highest BCUT2D eigenvalue weighted by molar-refractivity contribution is 5.60. The van der Waals surface area contributed by atoms with E-state index < -0.39 is 23.4 Å². The van der Waals surface area contributed by atoms with Crippen LogP contribution in [0.5, 0.6) is 5.88 Å². The normalized spacial score (nSPS) is 11.5. The summed E-state index contributed by atoms with van der Waals surface area (Å²) in [6.45, 7) is 1.96. The predicted octanol–water partition coefficient (Wildman–Crippen LogP) is 4.26. The van der Waals surface area contributed by atoms with Crippen molar-refractivity contribution in [1.29, 1.82) is 0 Å². The fourth-order valence-corrected chi connectivity index (χ4v) is 2.16. The zero-order valence-corrected chi connectivity index (χ0v) is 12.0. The van der Waals surface area contributed by atoms with E-state index in [1.165, 1.54) is 6.20 Å². The highest BCUT2D eigenvalue weighted by Gasteiger charge is 2.39. The van der Waals surface area contributed by atoms with Gasteiger partial charge in [0.15, 0.2) is 5.56 Å². The van der Waals surface area contributed by atoms with Crippen LogP contribution in [0.4, 0.5) is 17.6 Å². The molecule has 118 valence electrons. The maximum atomic E-state index is 13.9. The van der Waals surface area contributed by atoms with Crippen LogP contribution in [0.25, 0.3) is 11.4 Å². The molecule has 0 atom stereocenters. The summed E-state index contributed by atoms with van der Waals surface area (Å²) >= 11 is 0. The van der Waals surface area contributed by atoms with Crippen LogP contribution in [0.1, 0.15) is 24.5 Å². The second kappa shape index (κ2) is 6.29.